The van der Waals surface area contributed by atoms with Crippen LogP contribution in [0.3, 0.4) is 0 Å². The van der Waals surface area contributed by atoms with Crippen molar-refractivity contribution in [3.8, 4) is 5.75 Å². The van der Waals surface area contributed by atoms with Crippen LogP contribution in [0, 0.1) is 10.1 Å². The van der Waals surface area contributed by atoms with Gasteiger partial charge in [-0.05, 0) is 12.5 Å². The first kappa shape index (κ1) is 8.52. The van der Waals surface area contributed by atoms with Gasteiger partial charge in [-0.3, -0.25) is 10.1 Å². The van der Waals surface area contributed by atoms with Crippen LogP contribution in [0.4, 0.5) is 5.69 Å². The molecule has 12 heavy (non-hydrogen) atoms. The van der Waals surface area contributed by atoms with Crippen LogP contribution >= 0.6 is 0 Å². The van der Waals surface area contributed by atoms with Crippen molar-refractivity contribution in [3.63, 3.8) is 0 Å². The highest BCUT2D eigenvalue weighted by Gasteiger charge is 2.14. The van der Waals surface area contributed by atoms with Gasteiger partial charge in [0.05, 0.1) is 10.5 Å². The minimum atomic E-state index is -0.488. The predicted molar refractivity (Wildman–Crippen MR) is 44.1 cm³/mol. The number of aromatic hydroxyl groups is 1. The number of nitro benzene ring substituents is 1. The lowest BCUT2D eigenvalue weighted by Gasteiger charge is -2.00. The van der Waals surface area contributed by atoms with Crippen LogP contribution < -0.4 is 0 Å². The van der Waals surface area contributed by atoms with Crippen LogP contribution in [-0.2, 0) is 6.42 Å². The largest absolute Gasteiger partial charge is 0.507 e. The van der Waals surface area contributed by atoms with Crippen LogP contribution in [0.2, 0.25) is 0 Å². The number of hydrogen-bond acceptors (Lipinski definition) is 3. The Morgan fingerprint density at radius 1 is 1.58 bits per heavy atom. The topological polar surface area (TPSA) is 63.4 Å². The van der Waals surface area contributed by atoms with E-state index in [1.807, 2.05) is 0 Å². The van der Waals surface area contributed by atoms with Crippen molar-refractivity contribution < 1.29 is 10.0 Å². The number of benzene rings is 1. The molecule has 0 spiro atoms. The van der Waals surface area contributed by atoms with Gasteiger partial charge in [0.25, 0.3) is 5.69 Å². The summed E-state index contributed by atoms with van der Waals surface area (Å²) in [6.07, 6.45) is 0.461. The van der Waals surface area contributed by atoms with E-state index in [0.29, 0.717) is 12.0 Å². The molecule has 0 aliphatic heterocycles. The van der Waals surface area contributed by atoms with Crippen molar-refractivity contribution in [2.24, 2.45) is 0 Å². The molecule has 0 bridgehead atoms. The van der Waals surface area contributed by atoms with Crippen molar-refractivity contribution in [3.05, 3.63) is 33.9 Å². The highest BCUT2D eigenvalue weighted by atomic mass is 16.6. The molecule has 0 aromatic heterocycles. The quantitative estimate of drug-likeness (QED) is 0.540. The van der Waals surface area contributed by atoms with Crippen molar-refractivity contribution in [2.45, 2.75) is 13.3 Å². The number of nitrogens with zero attached hydrogens (tertiary/aromatic N) is 1. The first-order valence-electron chi connectivity index (χ1n) is 3.62. The number of rotatable bonds is 2. The van der Waals surface area contributed by atoms with Crippen molar-refractivity contribution in [1.29, 1.82) is 0 Å². The Labute approximate surface area is 69.6 Å². The van der Waals surface area contributed by atoms with Crippen LogP contribution in [0.5, 0.6) is 5.75 Å². The van der Waals surface area contributed by atoms with E-state index in [1.165, 1.54) is 18.2 Å². The number of phenolic OH excluding ortho intramolecular Hbond substituents is 1. The summed E-state index contributed by atoms with van der Waals surface area (Å²) in [6, 6.07) is 4.30. The van der Waals surface area contributed by atoms with Gasteiger partial charge >= 0.3 is 0 Å². The van der Waals surface area contributed by atoms with Gasteiger partial charge in [0.1, 0.15) is 5.75 Å². The van der Waals surface area contributed by atoms with Gasteiger partial charge in [0, 0.05) is 6.07 Å². The van der Waals surface area contributed by atoms with Crippen LogP contribution in [0.1, 0.15) is 12.5 Å². The van der Waals surface area contributed by atoms with Crippen LogP contribution in [0.25, 0.3) is 0 Å². The maximum atomic E-state index is 10.4. The zero-order chi connectivity index (χ0) is 9.14. The summed E-state index contributed by atoms with van der Waals surface area (Å²) in [5.41, 5.74) is 0.375. The first-order valence-corrected chi connectivity index (χ1v) is 3.62. The molecule has 64 valence electrons. The first-order chi connectivity index (χ1) is 5.66. The maximum absolute atomic E-state index is 10.4. The SMILES string of the molecule is CCc1c(O)cccc1[N+](=O)[O-]. The molecule has 0 saturated heterocycles. The second-order valence-electron chi connectivity index (χ2n) is 2.39. The summed E-state index contributed by atoms with van der Waals surface area (Å²) >= 11 is 0. The molecule has 0 aliphatic carbocycles. The second kappa shape index (κ2) is 3.21. The molecule has 1 aromatic rings. The summed E-state index contributed by atoms with van der Waals surface area (Å²) in [5, 5.41) is 19.7. The molecule has 0 radical (unpaired) electrons. The average molecular weight is 167 g/mol. The third kappa shape index (κ3) is 1.37. The fraction of sp³-hybridized carbons (Fsp3) is 0.250. The summed E-state index contributed by atoms with van der Waals surface area (Å²) in [7, 11) is 0. The molecule has 1 N–H and O–H groups in total. The highest BCUT2D eigenvalue weighted by molar-refractivity contribution is 5.48. The molecule has 1 aromatic carbocycles. The van der Waals surface area contributed by atoms with Gasteiger partial charge in [-0.25, -0.2) is 0 Å². The standard InChI is InChI=1S/C8H9NO3/c1-2-6-7(9(11)12)4-3-5-8(6)10/h3-5,10H,2H2,1H3. The lowest BCUT2D eigenvalue weighted by atomic mass is 10.1. The van der Waals surface area contributed by atoms with E-state index in [1.54, 1.807) is 6.92 Å². The molecular formula is C8H9NO3. The third-order valence-electron chi connectivity index (χ3n) is 1.68. The van der Waals surface area contributed by atoms with E-state index in [2.05, 4.69) is 0 Å². The van der Waals surface area contributed by atoms with E-state index in [4.69, 9.17) is 0 Å². The number of nitro groups is 1. The smallest absolute Gasteiger partial charge is 0.276 e. The van der Waals surface area contributed by atoms with E-state index >= 15 is 0 Å². The molecule has 0 amide bonds. The highest BCUT2D eigenvalue weighted by Crippen LogP contribution is 2.26. The second-order valence-corrected chi connectivity index (χ2v) is 2.39. The predicted octanol–water partition coefficient (Wildman–Crippen LogP) is 1.86. The van der Waals surface area contributed by atoms with E-state index in [9.17, 15) is 15.2 Å². The minimum Gasteiger partial charge on any atom is -0.507 e. The average Bonchev–Trinajstić information content (AvgIpc) is 2.03. The molecule has 4 nitrogen and oxygen atoms in total. The zero-order valence-electron chi connectivity index (χ0n) is 6.65. The van der Waals surface area contributed by atoms with Gasteiger partial charge in [-0.2, -0.15) is 0 Å². The third-order valence-corrected chi connectivity index (χ3v) is 1.68. The summed E-state index contributed by atoms with van der Waals surface area (Å²) < 4.78 is 0. The van der Waals surface area contributed by atoms with E-state index in [0.717, 1.165) is 0 Å². The van der Waals surface area contributed by atoms with Crippen molar-refractivity contribution in [1.82, 2.24) is 0 Å². The molecule has 4 heteroatoms. The normalized spacial score (nSPS) is 9.75. The fourth-order valence-electron chi connectivity index (χ4n) is 1.10. The Kier molecular flexibility index (Phi) is 2.28. The number of phenols is 1. The summed E-state index contributed by atoms with van der Waals surface area (Å²) in [5.74, 6) is -0.00769. The Balaban J connectivity index is 3.27. The molecule has 0 fully saturated rings. The van der Waals surface area contributed by atoms with Gasteiger partial charge in [0.2, 0.25) is 0 Å². The zero-order valence-corrected chi connectivity index (χ0v) is 6.65. The Bertz CT molecular complexity index is 309. The number of hydrogen-bond donors (Lipinski definition) is 1. The lowest BCUT2D eigenvalue weighted by molar-refractivity contribution is -0.385. The Hall–Kier alpha value is -1.58. The van der Waals surface area contributed by atoms with Crippen LogP contribution in [0.15, 0.2) is 18.2 Å². The molecule has 0 unspecified atom stereocenters. The van der Waals surface area contributed by atoms with Gasteiger partial charge < -0.3 is 5.11 Å². The molecule has 0 atom stereocenters. The maximum Gasteiger partial charge on any atom is 0.276 e. The Morgan fingerprint density at radius 2 is 2.25 bits per heavy atom. The van der Waals surface area contributed by atoms with Gasteiger partial charge in [-0.15, -0.1) is 0 Å². The van der Waals surface area contributed by atoms with Gasteiger partial charge in [0.15, 0.2) is 0 Å². The van der Waals surface area contributed by atoms with E-state index in [-0.39, 0.29) is 11.4 Å². The minimum absolute atomic E-state index is 0.00769. The summed E-state index contributed by atoms with van der Waals surface area (Å²) in [4.78, 5) is 9.94. The Morgan fingerprint density at radius 3 is 2.67 bits per heavy atom. The van der Waals surface area contributed by atoms with Crippen molar-refractivity contribution >= 4 is 5.69 Å². The monoisotopic (exact) mass is 167 g/mol. The molecule has 0 saturated carbocycles. The molecule has 1 rings (SSSR count). The summed E-state index contributed by atoms with van der Waals surface area (Å²) in [6.45, 7) is 1.77. The fourth-order valence-corrected chi connectivity index (χ4v) is 1.10. The molecule has 0 aliphatic rings. The van der Waals surface area contributed by atoms with Crippen molar-refractivity contribution in [2.75, 3.05) is 0 Å². The molecule has 0 heterocycles. The lowest BCUT2D eigenvalue weighted by Crippen LogP contribution is -1.93. The molecular weight excluding hydrogens is 158 g/mol. The van der Waals surface area contributed by atoms with E-state index < -0.39 is 4.92 Å². The van der Waals surface area contributed by atoms with Crippen LogP contribution in [-0.4, -0.2) is 10.0 Å². The van der Waals surface area contributed by atoms with Gasteiger partial charge in [-0.1, -0.05) is 13.0 Å².